The van der Waals surface area contributed by atoms with Gasteiger partial charge in [0.15, 0.2) is 11.5 Å². The Balaban J connectivity index is 1.55. The highest BCUT2D eigenvalue weighted by molar-refractivity contribution is 5.96. The van der Waals surface area contributed by atoms with Crippen LogP contribution >= 0.6 is 0 Å². The van der Waals surface area contributed by atoms with Gasteiger partial charge in [-0.25, -0.2) is 0 Å². The molecule has 0 aromatic heterocycles. The largest absolute Gasteiger partial charge is 0.493 e. The third-order valence-corrected chi connectivity index (χ3v) is 4.08. The van der Waals surface area contributed by atoms with Gasteiger partial charge in [0, 0.05) is 17.3 Å². The minimum Gasteiger partial charge on any atom is -0.493 e. The molecule has 2 aromatic rings. The Morgan fingerprint density at radius 3 is 2.61 bits per heavy atom. The first kappa shape index (κ1) is 13.9. The smallest absolute Gasteiger partial charge is 0.232 e. The van der Waals surface area contributed by atoms with E-state index in [4.69, 9.17) is 14.2 Å². The Labute approximate surface area is 134 Å². The summed E-state index contributed by atoms with van der Waals surface area (Å²) in [4.78, 5) is 12.7. The van der Waals surface area contributed by atoms with E-state index in [9.17, 15) is 4.79 Å². The van der Waals surface area contributed by atoms with Gasteiger partial charge in [0.05, 0.1) is 12.5 Å². The van der Waals surface area contributed by atoms with E-state index >= 15 is 0 Å². The molecule has 0 fully saturated rings. The molecule has 0 saturated carbocycles. The second-order valence-corrected chi connectivity index (χ2v) is 5.58. The van der Waals surface area contributed by atoms with Crippen LogP contribution in [0.2, 0.25) is 0 Å². The first-order valence-electron chi connectivity index (χ1n) is 7.73. The molecule has 23 heavy (non-hydrogen) atoms. The van der Waals surface area contributed by atoms with E-state index in [0.29, 0.717) is 43.4 Å². The van der Waals surface area contributed by atoms with Crippen molar-refractivity contribution < 1.29 is 19.0 Å². The number of hydrogen-bond donors (Lipinski definition) is 1. The summed E-state index contributed by atoms with van der Waals surface area (Å²) in [6.07, 6.45) is 0.674. The van der Waals surface area contributed by atoms with Crippen LogP contribution in [0.15, 0.2) is 42.5 Å². The summed E-state index contributed by atoms with van der Waals surface area (Å²) < 4.78 is 16.7. The molecule has 1 unspecified atom stereocenters. The quantitative estimate of drug-likeness (QED) is 0.926. The maximum Gasteiger partial charge on any atom is 0.232 e. The number of nitrogens with one attached hydrogen (secondary N) is 1. The van der Waals surface area contributed by atoms with Crippen molar-refractivity contribution in [3.63, 3.8) is 0 Å². The standard InChI is InChI=1S/C18H17NO4/c20-18(14-7-8-21-15-4-2-1-3-13(14)15)19-12-5-6-16-17(11-12)23-10-9-22-16/h1-6,11,14H,7-10H2,(H,19,20). The number of ether oxygens (including phenoxy) is 3. The molecule has 4 rings (SSSR count). The van der Waals surface area contributed by atoms with E-state index in [1.807, 2.05) is 36.4 Å². The van der Waals surface area contributed by atoms with Crippen molar-refractivity contribution in [2.24, 2.45) is 0 Å². The lowest BCUT2D eigenvalue weighted by Crippen LogP contribution is -2.26. The van der Waals surface area contributed by atoms with E-state index < -0.39 is 0 Å². The molecule has 118 valence electrons. The lowest BCUT2D eigenvalue weighted by molar-refractivity contribution is -0.118. The zero-order valence-corrected chi connectivity index (χ0v) is 12.6. The number of hydrogen-bond acceptors (Lipinski definition) is 4. The Morgan fingerprint density at radius 1 is 0.913 bits per heavy atom. The van der Waals surface area contributed by atoms with Crippen LogP contribution in [-0.2, 0) is 4.79 Å². The van der Waals surface area contributed by atoms with Gasteiger partial charge in [-0.1, -0.05) is 18.2 Å². The minimum absolute atomic E-state index is 0.0302. The van der Waals surface area contributed by atoms with Crippen molar-refractivity contribution in [3.8, 4) is 17.2 Å². The number of fused-ring (bicyclic) bond motifs is 2. The van der Waals surface area contributed by atoms with Gasteiger partial charge in [-0.05, 0) is 24.6 Å². The number of amides is 1. The van der Waals surface area contributed by atoms with Crippen LogP contribution in [0.3, 0.4) is 0 Å². The van der Waals surface area contributed by atoms with Crippen molar-refractivity contribution in [3.05, 3.63) is 48.0 Å². The fraction of sp³-hybridized carbons (Fsp3) is 0.278. The zero-order chi connectivity index (χ0) is 15.6. The van der Waals surface area contributed by atoms with Crippen molar-refractivity contribution in [1.82, 2.24) is 0 Å². The summed E-state index contributed by atoms with van der Waals surface area (Å²) in [5.41, 5.74) is 1.65. The summed E-state index contributed by atoms with van der Waals surface area (Å²) in [6, 6.07) is 13.1. The molecule has 2 aliphatic rings. The third-order valence-electron chi connectivity index (χ3n) is 4.08. The van der Waals surface area contributed by atoms with Gasteiger partial charge < -0.3 is 19.5 Å². The molecule has 0 radical (unpaired) electrons. The summed E-state index contributed by atoms with van der Waals surface area (Å²) in [5.74, 6) is 1.94. The van der Waals surface area contributed by atoms with Crippen LogP contribution in [-0.4, -0.2) is 25.7 Å². The molecule has 1 amide bonds. The molecule has 0 aliphatic carbocycles. The molecule has 5 nitrogen and oxygen atoms in total. The first-order chi connectivity index (χ1) is 11.3. The number of carbonyl (C=O) groups excluding carboxylic acids is 1. The highest BCUT2D eigenvalue weighted by Crippen LogP contribution is 2.36. The van der Waals surface area contributed by atoms with Crippen LogP contribution in [0.5, 0.6) is 17.2 Å². The van der Waals surface area contributed by atoms with Crippen molar-refractivity contribution in [1.29, 1.82) is 0 Å². The van der Waals surface area contributed by atoms with Crippen LogP contribution < -0.4 is 19.5 Å². The highest BCUT2D eigenvalue weighted by atomic mass is 16.6. The van der Waals surface area contributed by atoms with Gasteiger partial charge in [-0.2, -0.15) is 0 Å². The maximum absolute atomic E-state index is 12.7. The maximum atomic E-state index is 12.7. The molecular weight excluding hydrogens is 294 g/mol. The predicted molar refractivity (Wildman–Crippen MR) is 85.4 cm³/mol. The molecule has 0 spiro atoms. The summed E-state index contributed by atoms with van der Waals surface area (Å²) in [6.45, 7) is 1.63. The lowest BCUT2D eigenvalue weighted by Gasteiger charge is -2.25. The number of carbonyl (C=O) groups is 1. The van der Waals surface area contributed by atoms with Crippen LogP contribution in [0.25, 0.3) is 0 Å². The minimum atomic E-state index is -0.201. The second-order valence-electron chi connectivity index (χ2n) is 5.58. The lowest BCUT2D eigenvalue weighted by atomic mass is 9.92. The number of rotatable bonds is 2. The first-order valence-corrected chi connectivity index (χ1v) is 7.73. The van der Waals surface area contributed by atoms with Crippen molar-refractivity contribution in [2.75, 3.05) is 25.1 Å². The highest BCUT2D eigenvalue weighted by Gasteiger charge is 2.27. The van der Waals surface area contributed by atoms with Crippen LogP contribution in [0.1, 0.15) is 17.9 Å². The normalized spacial score (nSPS) is 18.5. The Morgan fingerprint density at radius 2 is 1.70 bits per heavy atom. The Bertz CT molecular complexity index is 744. The number of benzene rings is 2. The third kappa shape index (κ3) is 2.70. The molecular formula is C18H17NO4. The number of para-hydroxylation sites is 1. The van der Waals surface area contributed by atoms with Gasteiger partial charge in [-0.15, -0.1) is 0 Å². The van der Waals surface area contributed by atoms with E-state index in [0.717, 1.165) is 11.3 Å². The molecule has 2 heterocycles. The van der Waals surface area contributed by atoms with Crippen molar-refractivity contribution in [2.45, 2.75) is 12.3 Å². The van der Waals surface area contributed by atoms with E-state index in [-0.39, 0.29) is 11.8 Å². The predicted octanol–water partition coefficient (Wildman–Crippen LogP) is 2.96. The van der Waals surface area contributed by atoms with Crippen LogP contribution in [0, 0.1) is 0 Å². The number of anilines is 1. The Kier molecular flexibility index (Phi) is 3.54. The molecule has 5 heteroatoms. The average molecular weight is 311 g/mol. The molecule has 2 aliphatic heterocycles. The molecule has 0 saturated heterocycles. The van der Waals surface area contributed by atoms with Gasteiger partial charge >= 0.3 is 0 Å². The zero-order valence-electron chi connectivity index (χ0n) is 12.6. The topological polar surface area (TPSA) is 56.8 Å². The molecule has 1 atom stereocenters. The van der Waals surface area contributed by atoms with Crippen molar-refractivity contribution >= 4 is 11.6 Å². The van der Waals surface area contributed by atoms with Gasteiger partial charge in [0.25, 0.3) is 0 Å². The monoisotopic (exact) mass is 311 g/mol. The summed E-state index contributed by atoms with van der Waals surface area (Å²) in [7, 11) is 0. The second kappa shape index (κ2) is 5.83. The van der Waals surface area contributed by atoms with E-state index in [1.165, 1.54) is 0 Å². The van der Waals surface area contributed by atoms with E-state index in [2.05, 4.69) is 5.32 Å². The fourth-order valence-electron chi connectivity index (χ4n) is 2.96. The summed E-state index contributed by atoms with van der Waals surface area (Å²) >= 11 is 0. The van der Waals surface area contributed by atoms with Gasteiger partial charge in [0.1, 0.15) is 19.0 Å². The fourth-order valence-corrected chi connectivity index (χ4v) is 2.96. The molecule has 2 aromatic carbocycles. The SMILES string of the molecule is O=C(Nc1ccc2c(c1)OCCO2)C1CCOc2ccccc21. The van der Waals surface area contributed by atoms with Gasteiger partial charge in [-0.3, -0.25) is 4.79 Å². The van der Waals surface area contributed by atoms with Crippen LogP contribution in [0.4, 0.5) is 5.69 Å². The molecule has 0 bridgehead atoms. The molecule has 1 N–H and O–H groups in total. The summed E-state index contributed by atoms with van der Waals surface area (Å²) in [5, 5.41) is 2.97. The Hall–Kier alpha value is -2.69. The average Bonchev–Trinajstić information content (AvgIpc) is 2.61. The van der Waals surface area contributed by atoms with Gasteiger partial charge in [0.2, 0.25) is 5.91 Å². The van der Waals surface area contributed by atoms with E-state index in [1.54, 1.807) is 6.07 Å².